The van der Waals surface area contributed by atoms with Gasteiger partial charge in [-0.1, -0.05) is 39.5 Å². The van der Waals surface area contributed by atoms with E-state index in [1.807, 2.05) is 0 Å². The Morgan fingerprint density at radius 2 is 2.19 bits per heavy atom. The highest BCUT2D eigenvalue weighted by molar-refractivity contribution is 5.82. The van der Waals surface area contributed by atoms with Crippen molar-refractivity contribution in [3.63, 3.8) is 0 Å². The summed E-state index contributed by atoms with van der Waals surface area (Å²) >= 11 is 0. The quantitative estimate of drug-likeness (QED) is 0.721. The molecule has 0 amide bonds. The molecule has 0 spiro atoms. The Kier molecular flexibility index (Phi) is 6.04. The number of ketones is 1. The van der Waals surface area contributed by atoms with Crippen molar-refractivity contribution in [1.29, 1.82) is 0 Å². The van der Waals surface area contributed by atoms with E-state index in [0.717, 1.165) is 25.8 Å². The highest BCUT2D eigenvalue weighted by atomic mass is 16.1. The first-order chi connectivity index (χ1) is 7.69. The molecule has 1 heterocycles. The van der Waals surface area contributed by atoms with Gasteiger partial charge in [-0.15, -0.1) is 0 Å². The molecule has 3 unspecified atom stereocenters. The molecule has 1 aliphatic heterocycles. The number of rotatable bonds is 7. The Hall–Kier alpha value is -0.370. The fourth-order valence-corrected chi connectivity index (χ4v) is 2.68. The smallest absolute Gasteiger partial charge is 0.137 e. The predicted molar refractivity (Wildman–Crippen MR) is 68.5 cm³/mol. The van der Waals surface area contributed by atoms with Crippen molar-refractivity contribution in [2.75, 3.05) is 6.54 Å². The lowest BCUT2D eigenvalue weighted by Gasteiger charge is -2.18. The van der Waals surface area contributed by atoms with Crippen molar-refractivity contribution in [1.82, 2.24) is 5.32 Å². The fraction of sp³-hybridized carbons (Fsp3) is 0.929. The van der Waals surface area contributed by atoms with Crippen LogP contribution >= 0.6 is 0 Å². The third-order valence-electron chi connectivity index (χ3n) is 3.97. The third-order valence-corrected chi connectivity index (χ3v) is 3.97. The lowest BCUT2D eigenvalue weighted by atomic mass is 9.87. The van der Waals surface area contributed by atoms with E-state index in [-0.39, 0.29) is 5.92 Å². The van der Waals surface area contributed by atoms with Gasteiger partial charge in [0.2, 0.25) is 0 Å². The molecule has 1 fully saturated rings. The van der Waals surface area contributed by atoms with Crippen LogP contribution in [0.15, 0.2) is 0 Å². The van der Waals surface area contributed by atoms with E-state index in [2.05, 4.69) is 26.1 Å². The van der Waals surface area contributed by atoms with Crippen molar-refractivity contribution in [3.05, 3.63) is 0 Å². The van der Waals surface area contributed by atoms with Crippen LogP contribution < -0.4 is 5.32 Å². The molecule has 16 heavy (non-hydrogen) atoms. The maximum atomic E-state index is 12.1. The second kappa shape index (κ2) is 7.05. The maximum Gasteiger partial charge on any atom is 0.137 e. The second-order valence-corrected chi connectivity index (χ2v) is 5.22. The van der Waals surface area contributed by atoms with E-state index < -0.39 is 0 Å². The molecule has 1 N–H and O–H groups in total. The van der Waals surface area contributed by atoms with Crippen LogP contribution in [0.5, 0.6) is 0 Å². The Labute approximate surface area is 100 Å². The van der Waals surface area contributed by atoms with Crippen molar-refractivity contribution >= 4 is 5.78 Å². The maximum absolute atomic E-state index is 12.1. The summed E-state index contributed by atoms with van der Waals surface area (Å²) in [5, 5.41) is 3.36. The van der Waals surface area contributed by atoms with Gasteiger partial charge in [-0.05, 0) is 25.8 Å². The minimum Gasteiger partial charge on any atom is -0.314 e. The third kappa shape index (κ3) is 3.89. The van der Waals surface area contributed by atoms with E-state index in [0.29, 0.717) is 17.7 Å². The molecule has 0 bridgehead atoms. The summed E-state index contributed by atoms with van der Waals surface area (Å²) in [6, 6.07) is 0.399. The van der Waals surface area contributed by atoms with Crippen molar-refractivity contribution < 1.29 is 4.79 Å². The molecule has 2 nitrogen and oxygen atoms in total. The summed E-state index contributed by atoms with van der Waals surface area (Å²) in [5.41, 5.74) is 0. The predicted octanol–water partition coefficient (Wildman–Crippen LogP) is 3.16. The number of unbranched alkanes of at least 4 members (excludes halogenated alkanes) is 1. The van der Waals surface area contributed by atoms with Gasteiger partial charge < -0.3 is 5.32 Å². The molecule has 0 aromatic carbocycles. The SMILES string of the molecule is CCCCC(CC)CC(=O)C1CCNC1C. The number of nitrogens with one attached hydrogen (secondary N) is 1. The molecule has 0 aromatic rings. The zero-order chi connectivity index (χ0) is 12.0. The molecule has 0 aliphatic carbocycles. The zero-order valence-electron chi connectivity index (χ0n) is 11.1. The first kappa shape index (κ1) is 13.7. The minimum atomic E-state index is 0.288. The van der Waals surface area contributed by atoms with Crippen LogP contribution in [0.4, 0.5) is 0 Å². The highest BCUT2D eigenvalue weighted by Crippen LogP contribution is 2.23. The van der Waals surface area contributed by atoms with Crippen molar-refractivity contribution in [2.24, 2.45) is 11.8 Å². The summed E-state index contributed by atoms with van der Waals surface area (Å²) in [4.78, 5) is 12.1. The standard InChI is InChI=1S/C14H27NO/c1-4-6-7-12(5-2)10-14(16)13-8-9-15-11(13)3/h11-13,15H,4-10H2,1-3H3. The molecule has 94 valence electrons. The molecule has 3 atom stereocenters. The van der Waals surface area contributed by atoms with Crippen LogP contribution in [0.1, 0.15) is 59.3 Å². The van der Waals surface area contributed by atoms with Gasteiger partial charge in [0, 0.05) is 18.4 Å². The summed E-state index contributed by atoms with van der Waals surface area (Å²) in [5.74, 6) is 1.41. The van der Waals surface area contributed by atoms with Gasteiger partial charge >= 0.3 is 0 Å². The molecule has 1 saturated heterocycles. The number of hydrogen-bond donors (Lipinski definition) is 1. The molecule has 0 aromatic heterocycles. The Bertz CT molecular complexity index is 215. The molecule has 0 radical (unpaired) electrons. The number of hydrogen-bond acceptors (Lipinski definition) is 2. The summed E-state index contributed by atoms with van der Waals surface area (Å²) < 4.78 is 0. The zero-order valence-corrected chi connectivity index (χ0v) is 11.1. The highest BCUT2D eigenvalue weighted by Gasteiger charge is 2.29. The van der Waals surface area contributed by atoms with E-state index in [1.54, 1.807) is 0 Å². The Balaban J connectivity index is 2.35. The number of Topliss-reactive ketones (excluding diaryl/α,β-unsaturated/α-hetero) is 1. The number of carbonyl (C=O) groups is 1. The molecular formula is C14H27NO. The fourth-order valence-electron chi connectivity index (χ4n) is 2.68. The van der Waals surface area contributed by atoms with Gasteiger partial charge in [0.15, 0.2) is 0 Å². The van der Waals surface area contributed by atoms with E-state index in [1.165, 1.54) is 19.3 Å². The first-order valence-corrected chi connectivity index (χ1v) is 6.95. The van der Waals surface area contributed by atoms with Crippen molar-refractivity contribution in [2.45, 2.75) is 65.3 Å². The summed E-state index contributed by atoms with van der Waals surface area (Å²) in [6.07, 6.45) is 6.75. The van der Waals surface area contributed by atoms with Gasteiger partial charge in [-0.2, -0.15) is 0 Å². The first-order valence-electron chi connectivity index (χ1n) is 6.95. The molecule has 2 heteroatoms. The summed E-state index contributed by atoms with van der Waals surface area (Å²) in [7, 11) is 0. The molecule has 1 aliphatic rings. The van der Waals surface area contributed by atoms with Crippen molar-refractivity contribution in [3.8, 4) is 0 Å². The average molecular weight is 225 g/mol. The van der Waals surface area contributed by atoms with E-state index in [9.17, 15) is 4.79 Å². The van der Waals surface area contributed by atoms with Crippen LogP contribution in [-0.4, -0.2) is 18.4 Å². The van der Waals surface area contributed by atoms with E-state index in [4.69, 9.17) is 0 Å². The second-order valence-electron chi connectivity index (χ2n) is 5.22. The topological polar surface area (TPSA) is 29.1 Å². The minimum absolute atomic E-state index is 0.288. The van der Waals surface area contributed by atoms with Gasteiger partial charge in [0.05, 0.1) is 0 Å². The van der Waals surface area contributed by atoms with Gasteiger partial charge in [0.1, 0.15) is 5.78 Å². The largest absolute Gasteiger partial charge is 0.314 e. The van der Waals surface area contributed by atoms with Crippen LogP contribution in [0.25, 0.3) is 0 Å². The van der Waals surface area contributed by atoms with Crippen LogP contribution in [-0.2, 0) is 4.79 Å². The molecular weight excluding hydrogens is 198 g/mol. The van der Waals surface area contributed by atoms with Crippen LogP contribution in [0, 0.1) is 11.8 Å². The monoisotopic (exact) mass is 225 g/mol. The lowest BCUT2D eigenvalue weighted by molar-refractivity contribution is -0.124. The van der Waals surface area contributed by atoms with Gasteiger partial charge in [0.25, 0.3) is 0 Å². The number of carbonyl (C=O) groups excluding carboxylic acids is 1. The van der Waals surface area contributed by atoms with Crippen LogP contribution in [0.2, 0.25) is 0 Å². The Morgan fingerprint density at radius 1 is 1.44 bits per heavy atom. The van der Waals surface area contributed by atoms with E-state index >= 15 is 0 Å². The molecule has 1 rings (SSSR count). The Morgan fingerprint density at radius 3 is 2.69 bits per heavy atom. The average Bonchev–Trinajstić information content (AvgIpc) is 2.70. The van der Waals surface area contributed by atoms with Gasteiger partial charge in [-0.25, -0.2) is 0 Å². The summed E-state index contributed by atoms with van der Waals surface area (Å²) in [6.45, 7) is 7.59. The van der Waals surface area contributed by atoms with Gasteiger partial charge in [-0.3, -0.25) is 4.79 Å². The van der Waals surface area contributed by atoms with Crippen LogP contribution in [0.3, 0.4) is 0 Å². The molecule has 0 saturated carbocycles. The lowest BCUT2D eigenvalue weighted by Crippen LogP contribution is -2.29. The normalized spacial score (nSPS) is 26.9.